The van der Waals surface area contributed by atoms with Crippen LogP contribution in [-0.4, -0.2) is 28.9 Å². The molecule has 0 spiro atoms. The lowest BCUT2D eigenvalue weighted by atomic mass is 9.93. The summed E-state index contributed by atoms with van der Waals surface area (Å²) in [5.74, 6) is 0. The van der Waals surface area contributed by atoms with Gasteiger partial charge in [-0.1, -0.05) is 18.6 Å². The first-order chi connectivity index (χ1) is 14.4. The third-order valence-corrected chi connectivity index (χ3v) is 5.18. The van der Waals surface area contributed by atoms with Crippen LogP contribution in [0.15, 0.2) is 48.7 Å². The molecule has 2 aromatic carbocycles. The fraction of sp³-hybridized carbons (Fsp3) is 0.333. The molecule has 3 N–H and O–H groups in total. The van der Waals surface area contributed by atoms with Gasteiger partial charge in [-0.05, 0) is 55.3 Å². The van der Waals surface area contributed by atoms with Gasteiger partial charge in [-0.3, -0.25) is 10.4 Å². The van der Waals surface area contributed by atoms with Crippen LogP contribution < -0.4 is 10.6 Å². The van der Waals surface area contributed by atoms with Crippen LogP contribution in [-0.2, 0) is 10.9 Å². The van der Waals surface area contributed by atoms with Gasteiger partial charge >= 0.3 is 12.3 Å². The first-order valence-electron chi connectivity index (χ1n) is 9.71. The summed E-state index contributed by atoms with van der Waals surface area (Å²) < 4.78 is 45.2. The normalized spacial score (nSPS) is 18.2. The van der Waals surface area contributed by atoms with Crippen molar-refractivity contribution in [1.29, 1.82) is 0 Å². The van der Waals surface area contributed by atoms with Crippen molar-refractivity contribution < 1.29 is 22.7 Å². The van der Waals surface area contributed by atoms with E-state index in [9.17, 15) is 18.0 Å². The van der Waals surface area contributed by atoms with Gasteiger partial charge in [0.25, 0.3) is 0 Å². The van der Waals surface area contributed by atoms with E-state index < -0.39 is 23.9 Å². The maximum absolute atomic E-state index is 13.2. The van der Waals surface area contributed by atoms with Crippen molar-refractivity contribution in [2.75, 3.05) is 11.9 Å². The van der Waals surface area contributed by atoms with Crippen LogP contribution in [0.1, 0.15) is 36.5 Å². The Morgan fingerprint density at radius 3 is 2.83 bits per heavy atom. The monoisotopic (exact) mass is 418 g/mol. The number of piperidine rings is 1. The highest BCUT2D eigenvalue weighted by Gasteiger charge is 2.33. The van der Waals surface area contributed by atoms with Crippen LogP contribution in [0.3, 0.4) is 0 Å². The minimum atomic E-state index is -4.47. The number of carbonyl (C=O) groups is 1. The van der Waals surface area contributed by atoms with Gasteiger partial charge in [0, 0.05) is 17.1 Å². The lowest BCUT2D eigenvalue weighted by Crippen LogP contribution is -2.41. The Labute approximate surface area is 170 Å². The Kier molecular flexibility index (Phi) is 5.63. The summed E-state index contributed by atoms with van der Waals surface area (Å²) in [5, 5.41) is 13.5. The van der Waals surface area contributed by atoms with Gasteiger partial charge in [0.05, 0.1) is 17.3 Å². The number of fused-ring (bicyclic) bond motifs is 1. The van der Waals surface area contributed by atoms with E-state index in [-0.39, 0.29) is 6.04 Å². The Hall–Kier alpha value is -3.07. The second kappa shape index (κ2) is 8.35. The van der Waals surface area contributed by atoms with Crippen molar-refractivity contribution in [3.8, 4) is 0 Å². The molecular weight excluding hydrogens is 397 g/mol. The number of nitrogens with one attached hydrogen (secondary N) is 3. The molecule has 1 unspecified atom stereocenters. The summed E-state index contributed by atoms with van der Waals surface area (Å²) in [6, 6.07) is 9.89. The summed E-state index contributed by atoms with van der Waals surface area (Å²) >= 11 is 0. The lowest BCUT2D eigenvalue weighted by molar-refractivity contribution is -0.137. The van der Waals surface area contributed by atoms with Crippen molar-refractivity contribution in [1.82, 2.24) is 15.5 Å². The predicted octanol–water partition coefficient (Wildman–Crippen LogP) is 5.01. The van der Waals surface area contributed by atoms with Crippen LogP contribution in [0.25, 0.3) is 10.9 Å². The van der Waals surface area contributed by atoms with Crippen molar-refractivity contribution in [2.24, 2.45) is 0 Å². The molecule has 0 aliphatic carbocycles. The largest absolute Gasteiger partial charge is 0.439 e. The zero-order valence-electron chi connectivity index (χ0n) is 16.0. The molecule has 158 valence electrons. The average Bonchev–Trinajstić information content (AvgIpc) is 3.20. The fourth-order valence-electron chi connectivity index (χ4n) is 3.69. The van der Waals surface area contributed by atoms with Crippen LogP contribution in [0.4, 0.5) is 23.7 Å². The summed E-state index contributed by atoms with van der Waals surface area (Å²) in [7, 11) is 0. The Balaban J connectivity index is 1.55. The van der Waals surface area contributed by atoms with E-state index in [2.05, 4.69) is 20.8 Å². The maximum atomic E-state index is 13.2. The standard InChI is InChI=1S/C21H21F3N4O2/c22-21(23,24)15-5-3-4-13(10-15)19(18-6-1-2-9-25-18)30-20(29)27-16-7-8-17-14(11-16)12-26-28-17/h3-5,7-8,10-12,18-19,25H,1-2,6,9H2,(H,26,28)(H,27,29)/t18-,19?/m0/s1. The number of rotatable bonds is 4. The first-order valence-corrected chi connectivity index (χ1v) is 9.71. The van der Waals surface area contributed by atoms with E-state index in [0.29, 0.717) is 17.7 Å². The number of H-pyrrole nitrogens is 1. The zero-order chi connectivity index (χ0) is 21.1. The number of alkyl halides is 3. The number of carbonyl (C=O) groups excluding carboxylic acids is 1. The number of nitrogens with zero attached hydrogens (tertiary/aromatic N) is 1. The predicted molar refractivity (Wildman–Crippen MR) is 106 cm³/mol. The molecule has 1 aliphatic heterocycles. The zero-order valence-corrected chi connectivity index (χ0v) is 16.0. The molecule has 1 saturated heterocycles. The number of anilines is 1. The first kappa shape index (κ1) is 20.2. The van der Waals surface area contributed by atoms with Gasteiger partial charge in [-0.2, -0.15) is 18.3 Å². The Morgan fingerprint density at radius 1 is 1.20 bits per heavy atom. The third-order valence-electron chi connectivity index (χ3n) is 5.18. The third kappa shape index (κ3) is 4.56. The number of aromatic amines is 1. The molecule has 9 heteroatoms. The van der Waals surface area contributed by atoms with Crippen LogP contribution in [0.5, 0.6) is 0 Å². The molecule has 6 nitrogen and oxygen atoms in total. The number of halogens is 3. The molecule has 2 heterocycles. The topological polar surface area (TPSA) is 79.0 Å². The summed E-state index contributed by atoms with van der Waals surface area (Å²) in [4.78, 5) is 12.6. The molecular formula is C21H21F3N4O2. The minimum absolute atomic E-state index is 0.260. The molecule has 1 fully saturated rings. The number of aromatic nitrogens is 2. The van der Waals surface area contributed by atoms with Gasteiger partial charge < -0.3 is 10.1 Å². The van der Waals surface area contributed by atoms with E-state index in [4.69, 9.17) is 4.74 Å². The van der Waals surface area contributed by atoms with E-state index in [1.54, 1.807) is 30.5 Å². The Bertz CT molecular complexity index is 1030. The lowest BCUT2D eigenvalue weighted by Gasteiger charge is -2.31. The van der Waals surface area contributed by atoms with Gasteiger partial charge in [0.15, 0.2) is 0 Å². The van der Waals surface area contributed by atoms with Gasteiger partial charge in [-0.15, -0.1) is 0 Å². The van der Waals surface area contributed by atoms with E-state index in [1.165, 1.54) is 6.07 Å². The van der Waals surface area contributed by atoms with E-state index in [1.807, 2.05) is 0 Å². The van der Waals surface area contributed by atoms with Crippen LogP contribution in [0.2, 0.25) is 0 Å². The van der Waals surface area contributed by atoms with E-state index >= 15 is 0 Å². The molecule has 0 saturated carbocycles. The number of ether oxygens (including phenoxy) is 1. The molecule has 1 amide bonds. The molecule has 0 radical (unpaired) electrons. The molecule has 4 rings (SSSR count). The van der Waals surface area contributed by atoms with E-state index in [0.717, 1.165) is 42.4 Å². The fourth-order valence-corrected chi connectivity index (χ4v) is 3.69. The second-order valence-corrected chi connectivity index (χ2v) is 7.30. The molecule has 2 atom stereocenters. The van der Waals surface area contributed by atoms with Crippen molar-refractivity contribution in [3.63, 3.8) is 0 Å². The summed E-state index contributed by atoms with van der Waals surface area (Å²) in [5.41, 5.74) is 0.871. The maximum Gasteiger partial charge on any atom is 0.416 e. The molecule has 30 heavy (non-hydrogen) atoms. The second-order valence-electron chi connectivity index (χ2n) is 7.30. The van der Waals surface area contributed by atoms with Gasteiger partial charge in [0.2, 0.25) is 0 Å². The van der Waals surface area contributed by atoms with Crippen LogP contribution >= 0.6 is 0 Å². The molecule has 0 bridgehead atoms. The highest BCUT2D eigenvalue weighted by atomic mass is 19.4. The summed E-state index contributed by atoms with van der Waals surface area (Å²) in [6.07, 6.45) is -1.82. The van der Waals surface area contributed by atoms with Crippen molar-refractivity contribution in [3.05, 3.63) is 59.8 Å². The molecule has 3 aromatic rings. The van der Waals surface area contributed by atoms with Gasteiger partial charge in [-0.25, -0.2) is 4.79 Å². The molecule has 1 aliphatic rings. The SMILES string of the molecule is O=C(Nc1ccc2[nH]ncc2c1)OC(c1cccc(C(F)(F)F)c1)[C@@H]1CCCCN1. The Morgan fingerprint density at radius 2 is 2.07 bits per heavy atom. The summed E-state index contributed by atoms with van der Waals surface area (Å²) in [6.45, 7) is 0.724. The minimum Gasteiger partial charge on any atom is -0.439 e. The van der Waals surface area contributed by atoms with Crippen LogP contribution in [0, 0.1) is 0 Å². The smallest absolute Gasteiger partial charge is 0.416 e. The highest BCUT2D eigenvalue weighted by Crippen LogP contribution is 2.33. The molecule has 1 aromatic heterocycles. The number of amides is 1. The number of hydrogen-bond acceptors (Lipinski definition) is 4. The average molecular weight is 418 g/mol. The van der Waals surface area contributed by atoms with Crippen molar-refractivity contribution in [2.45, 2.75) is 37.6 Å². The van der Waals surface area contributed by atoms with Gasteiger partial charge in [0.1, 0.15) is 6.10 Å². The highest BCUT2D eigenvalue weighted by molar-refractivity contribution is 5.89. The number of benzene rings is 2. The quantitative estimate of drug-likeness (QED) is 0.556. The number of hydrogen-bond donors (Lipinski definition) is 3. The van der Waals surface area contributed by atoms with Crippen molar-refractivity contribution >= 4 is 22.7 Å².